The first-order valence-corrected chi connectivity index (χ1v) is 3.43. The van der Waals surface area contributed by atoms with Crippen LogP contribution in [0.25, 0.3) is 6.08 Å². The standard InChI is InChI=1S/C8H10N2/c1-8(2)4-3-6-5-9-10-7(6)8/h3-5H,1-2H3,(H,9,10). The minimum absolute atomic E-state index is 0.159. The van der Waals surface area contributed by atoms with Gasteiger partial charge in [0, 0.05) is 11.0 Å². The van der Waals surface area contributed by atoms with Crippen molar-refractivity contribution in [3.63, 3.8) is 0 Å². The molecule has 0 saturated heterocycles. The fourth-order valence-electron chi connectivity index (χ4n) is 1.32. The molecule has 0 atom stereocenters. The Kier molecular flexibility index (Phi) is 0.862. The lowest BCUT2D eigenvalue weighted by Gasteiger charge is -2.13. The molecule has 0 amide bonds. The number of aromatic amines is 1. The van der Waals surface area contributed by atoms with Gasteiger partial charge in [0.2, 0.25) is 0 Å². The Hall–Kier alpha value is -1.05. The van der Waals surface area contributed by atoms with Gasteiger partial charge in [0.05, 0.1) is 11.9 Å². The molecule has 0 bridgehead atoms. The zero-order valence-electron chi connectivity index (χ0n) is 6.18. The van der Waals surface area contributed by atoms with E-state index in [-0.39, 0.29) is 5.41 Å². The number of H-pyrrole nitrogens is 1. The van der Waals surface area contributed by atoms with Crippen LogP contribution < -0.4 is 0 Å². The van der Waals surface area contributed by atoms with E-state index in [0.29, 0.717) is 0 Å². The molecule has 52 valence electrons. The zero-order chi connectivity index (χ0) is 7.19. The smallest absolute Gasteiger partial charge is 0.0562 e. The summed E-state index contributed by atoms with van der Waals surface area (Å²) in [6, 6.07) is 0. The first-order chi connectivity index (χ1) is 4.70. The minimum atomic E-state index is 0.159. The predicted molar refractivity (Wildman–Crippen MR) is 40.6 cm³/mol. The molecule has 1 aliphatic carbocycles. The molecule has 0 saturated carbocycles. The largest absolute Gasteiger partial charge is 0.281 e. The highest BCUT2D eigenvalue weighted by molar-refractivity contribution is 5.61. The van der Waals surface area contributed by atoms with Crippen molar-refractivity contribution >= 4 is 6.08 Å². The van der Waals surface area contributed by atoms with Crippen LogP contribution in [0.15, 0.2) is 12.3 Å². The van der Waals surface area contributed by atoms with E-state index < -0.39 is 0 Å². The van der Waals surface area contributed by atoms with E-state index in [1.807, 2.05) is 6.20 Å². The van der Waals surface area contributed by atoms with Crippen molar-refractivity contribution in [2.45, 2.75) is 19.3 Å². The minimum Gasteiger partial charge on any atom is -0.281 e. The summed E-state index contributed by atoms with van der Waals surface area (Å²) in [5.41, 5.74) is 2.61. The van der Waals surface area contributed by atoms with Crippen LogP contribution in [0, 0.1) is 0 Å². The SMILES string of the molecule is CC1(C)C=Cc2cn[nH]c21. The van der Waals surface area contributed by atoms with Crippen molar-refractivity contribution in [2.75, 3.05) is 0 Å². The summed E-state index contributed by atoms with van der Waals surface area (Å²) in [5, 5.41) is 6.96. The quantitative estimate of drug-likeness (QED) is 0.575. The Morgan fingerprint density at radius 1 is 1.50 bits per heavy atom. The highest BCUT2D eigenvalue weighted by Crippen LogP contribution is 2.32. The monoisotopic (exact) mass is 134 g/mol. The summed E-state index contributed by atoms with van der Waals surface area (Å²) in [4.78, 5) is 0. The molecular weight excluding hydrogens is 124 g/mol. The Morgan fingerprint density at radius 3 is 3.00 bits per heavy atom. The van der Waals surface area contributed by atoms with Crippen LogP contribution in [0.2, 0.25) is 0 Å². The normalized spacial score (nSPS) is 19.4. The van der Waals surface area contributed by atoms with Crippen molar-refractivity contribution in [3.8, 4) is 0 Å². The maximum atomic E-state index is 3.96. The zero-order valence-corrected chi connectivity index (χ0v) is 6.18. The van der Waals surface area contributed by atoms with Gasteiger partial charge in [0.15, 0.2) is 0 Å². The number of rotatable bonds is 0. The third kappa shape index (κ3) is 0.561. The van der Waals surface area contributed by atoms with Gasteiger partial charge in [-0.15, -0.1) is 0 Å². The van der Waals surface area contributed by atoms with E-state index >= 15 is 0 Å². The second kappa shape index (κ2) is 1.51. The lowest BCUT2D eigenvalue weighted by Crippen LogP contribution is -2.11. The van der Waals surface area contributed by atoms with Gasteiger partial charge in [-0.25, -0.2) is 0 Å². The van der Waals surface area contributed by atoms with Gasteiger partial charge in [0.1, 0.15) is 0 Å². The molecule has 2 nitrogen and oxygen atoms in total. The van der Waals surface area contributed by atoms with Crippen LogP contribution in [0.5, 0.6) is 0 Å². The van der Waals surface area contributed by atoms with Crippen molar-refractivity contribution < 1.29 is 0 Å². The Balaban J connectivity index is 2.64. The number of aromatic nitrogens is 2. The Labute approximate surface area is 60.0 Å². The van der Waals surface area contributed by atoms with E-state index in [0.717, 1.165) is 0 Å². The summed E-state index contributed by atoms with van der Waals surface area (Å²) < 4.78 is 0. The summed E-state index contributed by atoms with van der Waals surface area (Å²) in [6.07, 6.45) is 6.16. The van der Waals surface area contributed by atoms with E-state index in [1.54, 1.807) is 0 Å². The average molecular weight is 134 g/mol. The first-order valence-electron chi connectivity index (χ1n) is 3.43. The number of hydrogen-bond donors (Lipinski definition) is 1. The van der Waals surface area contributed by atoms with E-state index in [1.165, 1.54) is 11.3 Å². The number of nitrogens with one attached hydrogen (secondary N) is 1. The fourth-order valence-corrected chi connectivity index (χ4v) is 1.32. The molecule has 10 heavy (non-hydrogen) atoms. The Morgan fingerprint density at radius 2 is 2.30 bits per heavy atom. The van der Waals surface area contributed by atoms with Crippen LogP contribution in [-0.2, 0) is 5.41 Å². The molecule has 0 spiro atoms. The number of allylic oxidation sites excluding steroid dienone is 1. The van der Waals surface area contributed by atoms with E-state index in [9.17, 15) is 0 Å². The molecule has 1 aliphatic rings. The van der Waals surface area contributed by atoms with Crippen LogP contribution in [-0.4, -0.2) is 10.2 Å². The Bertz CT molecular complexity index is 281. The van der Waals surface area contributed by atoms with Gasteiger partial charge in [-0.05, 0) is 0 Å². The van der Waals surface area contributed by atoms with Crippen LogP contribution in [0.3, 0.4) is 0 Å². The molecule has 0 aliphatic heterocycles. The topological polar surface area (TPSA) is 28.7 Å². The number of hydrogen-bond acceptors (Lipinski definition) is 1. The number of fused-ring (bicyclic) bond motifs is 1. The second-order valence-corrected chi connectivity index (χ2v) is 3.26. The third-order valence-electron chi connectivity index (χ3n) is 1.99. The van der Waals surface area contributed by atoms with Gasteiger partial charge >= 0.3 is 0 Å². The summed E-state index contributed by atoms with van der Waals surface area (Å²) in [7, 11) is 0. The highest BCUT2D eigenvalue weighted by Gasteiger charge is 2.25. The van der Waals surface area contributed by atoms with Crippen LogP contribution >= 0.6 is 0 Å². The lowest BCUT2D eigenvalue weighted by molar-refractivity contribution is 0.651. The molecule has 2 rings (SSSR count). The lowest BCUT2D eigenvalue weighted by atomic mass is 9.93. The predicted octanol–water partition coefficient (Wildman–Crippen LogP) is 1.71. The second-order valence-electron chi connectivity index (χ2n) is 3.26. The van der Waals surface area contributed by atoms with Gasteiger partial charge in [0.25, 0.3) is 0 Å². The number of nitrogens with zero attached hydrogens (tertiary/aromatic N) is 1. The molecule has 1 aromatic heterocycles. The van der Waals surface area contributed by atoms with E-state index in [4.69, 9.17) is 0 Å². The summed E-state index contributed by atoms with van der Waals surface area (Å²) in [5.74, 6) is 0. The molecule has 1 N–H and O–H groups in total. The van der Waals surface area contributed by atoms with Gasteiger partial charge in [-0.2, -0.15) is 5.10 Å². The molecule has 1 heterocycles. The maximum Gasteiger partial charge on any atom is 0.0562 e. The molecule has 0 fully saturated rings. The first kappa shape index (κ1) is 5.71. The van der Waals surface area contributed by atoms with Crippen LogP contribution in [0.1, 0.15) is 25.1 Å². The van der Waals surface area contributed by atoms with Crippen molar-refractivity contribution in [2.24, 2.45) is 0 Å². The van der Waals surface area contributed by atoms with Gasteiger partial charge in [-0.1, -0.05) is 26.0 Å². The molecule has 0 radical (unpaired) electrons. The van der Waals surface area contributed by atoms with Gasteiger partial charge in [-0.3, -0.25) is 5.10 Å². The average Bonchev–Trinajstić information content (AvgIpc) is 2.36. The molecule has 0 unspecified atom stereocenters. The van der Waals surface area contributed by atoms with Gasteiger partial charge < -0.3 is 0 Å². The molecule has 1 aromatic rings. The highest BCUT2D eigenvalue weighted by atomic mass is 15.1. The van der Waals surface area contributed by atoms with Crippen molar-refractivity contribution in [3.05, 3.63) is 23.5 Å². The van der Waals surface area contributed by atoms with E-state index in [2.05, 4.69) is 36.2 Å². The maximum absolute atomic E-state index is 3.96. The van der Waals surface area contributed by atoms with Crippen molar-refractivity contribution in [1.82, 2.24) is 10.2 Å². The third-order valence-corrected chi connectivity index (χ3v) is 1.99. The molecule has 2 heteroatoms. The molecular formula is C8H10N2. The van der Waals surface area contributed by atoms with Crippen molar-refractivity contribution in [1.29, 1.82) is 0 Å². The summed E-state index contributed by atoms with van der Waals surface area (Å²) in [6.45, 7) is 4.35. The molecule has 0 aromatic carbocycles. The van der Waals surface area contributed by atoms with Crippen LogP contribution in [0.4, 0.5) is 0 Å². The summed E-state index contributed by atoms with van der Waals surface area (Å²) >= 11 is 0. The fraction of sp³-hybridized carbons (Fsp3) is 0.375.